The van der Waals surface area contributed by atoms with Crippen molar-refractivity contribution in [1.82, 2.24) is 0 Å². The molecule has 1 atom stereocenters. The molecule has 0 spiro atoms. The van der Waals surface area contributed by atoms with Crippen molar-refractivity contribution >= 4 is 23.4 Å². The largest absolute Gasteiger partial charge is 0.385 e. The monoisotopic (exact) mass is 196 g/mol. The summed E-state index contributed by atoms with van der Waals surface area (Å²) in [5, 5.41) is 0.707. The van der Waals surface area contributed by atoms with Crippen molar-refractivity contribution in [2.45, 2.75) is 25.0 Å². The Labute approximate surface area is 78.8 Å². The molecule has 0 bridgehead atoms. The highest BCUT2D eigenvalue weighted by molar-refractivity contribution is 7.99. The van der Waals surface area contributed by atoms with Crippen LogP contribution in [0.15, 0.2) is 0 Å². The van der Waals surface area contributed by atoms with Crippen LogP contribution in [0.1, 0.15) is 19.8 Å². The Balaban J connectivity index is 3.02. The molecule has 68 valence electrons. The van der Waals surface area contributed by atoms with E-state index in [1.54, 1.807) is 7.11 Å². The van der Waals surface area contributed by atoms with Gasteiger partial charge in [0.15, 0.2) is 0 Å². The van der Waals surface area contributed by atoms with E-state index >= 15 is 0 Å². The van der Waals surface area contributed by atoms with E-state index in [2.05, 4.69) is 6.92 Å². The van der Waals surface area contributed by atoms with Crippen LogP contribution in [0, 0.1) is 0 Å². The van der Waals surface area contributed by atoms with E-state index in [1.807, 2.05) is 11.8 Å². The molecule has 0 rings (SSSR count). The van der Waals surface area contributed by atoms with Crippen LogP contribution in [0.25, 0.3) is 0 Å². The molecular weight excluding hydrogens is 180 g/mol. The summed E-state index contributed by atoms with van der Waals surface area (Å²) < 4.78 is 4.98. The van der Waals surface area contributed by atoms with Gasteiger partial charge in [-0.1, -0.05) is 6.92 Å². The van der Waals surface area contributed by atoms with Gasteiger partial charge in [0.05, 0.1) is 0 Å². The molecule has 1 unspecified atom stereocenters. The van der Waals surface area contributed by atoms with E-state index in [9.17, 15) is 0 Å². The Hall–Kier alpha value is 0.600. The zero-order valence-electron chi connectivity index (χ0n) is 7.31. The molecule has 0 aromatic rings. The third-order valence-electron chi connectivity index (χ3n) is 1.41. The first kappa shape index (κ1) is 11.6. The van der Waals surface area contributed by atoms with E-state index in [0.29, 0.717) is 5.25 Å². The van der Waals surface area contributed by atoms with Gasteiger partial charge in [-0.25, -0.2) is 0 Å². The maximum Gasteiger partial charge on any atom is 0.0472 e. The highest BCUT2D eigenvalue weighted by atomic mass is 35.5. The van der Waals surface area contributed by atoms with Gasteiger partial charge in [-0.3, -0.25) is 0 Å². The van der Waals surface area contributed by atoms with Gasteiger partial charge in [0.25, 0.3) is 0 Å². The second-order valence-corrected chi connectivity index (χ2v) is 4.43. The zero-order valence-corrected chi connectivity index (χ0v) is 8.88. The number of alkyl halides is 1. The van der Waals surface area contributed by atoms with Crippen molar-refractivity contribution in [2.75, 3.05) is 25.3 Å². The molecule has 0 saturated carbocycles. The highest BCUT2D eigenvalue weighted by Gasteiger charge is 2.00. The minimum Gasteiger partial charge on any atom is -0.385 e. The van der Waals surface area contributed by atoms with Crippen LogP contribution in [0.4, 0.5) is 0 Å². The maximum absolute atomic E-state index is 5.55. The van der Waals surface area contributed by atoms with Crippen LogP contribution in [0.2, 0.25) is 0 Å². The molecule has 1 nitrogen and oxygen atoms in total. The molecule has 0 amide bonds. The van der Waals surface area contributed by atoms with Gasteiger partial charge in [-0.2, -0.15) is 11.8 Å². The Bertz CT molecular complexity index is 80.5. The summed E-state index contributed by atoms with van der Waals surface area (Å²) in [6, 6.07) is 0. The molecule has 0 aromatic carbocycles. The van der Waals surface area contributed by atoms with Crippen molar-refractivity contribution in [1.29, 1.82) is 0 Å². The summed E-state index contributed by atoms with van der Waals surface area (Å²) >= 11 is 7.53. The topological polar surface area (TPSA) is 9.23 Å². The van der Waals surface area contributed by atoms with Gasteiger partial charge < -0.3 is 4.74 Å². The van der Waals surface area contributed by atoms with Crippen molar-refractivity contribution in [2.24, 2.45) is 0 Å². The number of rotatable bonds is 7. The number of methoxy groups -OCH3 is 1. The lowest BCUT2D eigenvalue weighted by molar-refractivity contribution is 0.195. The molecule has 3 heteroatoms. The molecule has 0 aliphatic carbocycles. The number of ether oxygens (including phenoxy) is 1. The zero-order chi connectivity index (χ0) is 8.53. The summed E-state index contributed by atoms with van der Waals surface area (Å²) in [4.78, 5) is 0. The van der Waals surface area contributed by atoms with E-state index in [4.69, 9.17) is 16.3 Å². The number of hydrogen-bond donors (Lipinski definition) is 0. The van der Waals surface area contributed by atoms with Crippen LogP contribution >= 0.6 is 23.4 Å². The van der Waals surface area contributed by atoms with Gasteiger partial charge >= 0.3 is 0 Å². The maximum atomic E-state index is 5.55. The van der Waals surface area contributed by atoms with Gasteiger partial charge in [0.1, 0.15) is 0 Å². The van der Waals surface area contributed by atoms with E-state index in [-0.39, 0.29) is 0 Å². The van der Waals surface area contributed by atoms with Crippen LogP contribution in [-0.2, 0) is 4.74 Å². The standard InChI is InChI=1S/C8H17ClOS/c1-8(4-6-10-2)11-7-3-5-9/h8H,3-7H2,1-2H3. The molecule has 0 radical (unpaired) electrons. The van der Waals surface area contributed by atoms with Gasteiger partial charge in [-0.05, 0) is 18.6 Å². The van der Waals surface area contributed by atoms with Gasteiger partial charge in [-0.15, -0.1) is 11.6 Å². The van der Waals surface area contributed by atoms with Gasteiger partial charge in [0.2, 0.25) is 0 Å². The second-order valence-electron chi connectivity index (χ2n) is 2.51. The Morgan fingerprint density at radius 2 is 2.27 bits per heavy atom. The predicted octanol–water partition coefficient (Wildman–Crippen LogP) is 2.77. The molecular formula is C8H17ClOS. The third-order valence-corrected chi connectivity index (χ3v) is 3.01. The smallest absolute Gasteiger partial charge is 0.0472 e. The Morgan fingerprint density at radius 1 is 1.55 bits per heavy atom. The Morgan fingerprint density at radius 3 is 2.82 bits per heavy atom. The lowest BCUT2D eigenvalue weighted by atomic mass is 10.3. The lowest BCUT2D eigenvalue weighted by Gasteiger charge is -2.08. The number of thioether (sulfide) groups is 1. The SMILES string of the molecule is COCCC(C)SCCCCl. The highest BCUT2D eigenvalue weighted by Crippen LogP contribution is 2.14. The van der Waals surface area contributed by atoms with Crippen molar-refractivity contribution in [3.8, 4) is 0 Å². The first-order valence-corrected chi connectivity index (χ1v) is 5.56. The normalized spacial score (nSPS) is 13.4. The van der Waals surface area contributed by atoms with Crippen LogP contribution in [0.3, 0.4) is 0 Å². The third kappa shape index (κ3) is 8.51. The van der Waals surface area contributed by atoms with E-state index in [1.165, 1.54) is 5.75 Å². The van der Waals surface area contributed by atoms with Crippen molar-refractivity contribution < 1.29 is 4.74 Å². The Kier molecular flexibility index (Phi) is 9.17. The van der Waals surface area contributed by atoms with Gasteiger partial charge in [0, 0.05) is 24.8 Å². The minimum atomic E-state index is 0.707. The average Bonchev–Trinajstić information content (AvgIpc) is 2.01. The molecule has 0 aromatic heterocycles. The van der Waals surface area contributed by atoms with E-state index in [0.717, 1.165) is 25.3 Å². The molecule has 11 heavy (non-hydrogen) atoms. The van der Waals surface area contributed by atoms with Crippen LogP contribution in [0.5, 0.6) is 0 Å². The summed E-state index contributed by atoms with van der Waals surface area (Å²) in [5.74, 6) is 1.96. The second kappa shape index (κ2) is 8.69. The molecule has 0 fully saturated rings. The molecule has 0 aliphatic rings. The fraction of sp³-hybridized carbons (Fsp3) is 1.00. The summed E-state index contributed by atoms with van der Waals surface area (Å²) in [7, 11) is 1.75. The predicted molar refractivity (Wildman–Crippen MR) is 53.8 cm³/mol. The summed E-state index contributed by atoms with van der Waals surface area (Å²) in [5.41, 5.74) is 0. The van der Waals surface area contributed by atoms with Crippen molar-refractivity contribution in [3.05, 3.63) is 0 Å². The van der Waals surface area contributed by atoms with E-state index < -0.39 is 0 Å². The first-order chi connectivity index (χ1) is 5.31. The molecule has 0 heterocycles. The molecule has 0 N–H and O–H groups in total. The fourth-order valence-electron chi connectivity index (χ4n) is 0.706. The minimum absolute atomic E-state index is 0.707. The average molecular weight is 197 g/mol. The van der Waals surface area contributed by atoms with Crippen LogP contribution < -0.4 is 0 Å². The number of halogens is 1. The summed E-state index contributed by atoms with van der Waals surface area (Å²) in [6.45, 7) is 3.10. The van der Waals surface area contributed by atoms with Crippen molar-refractivity contribution in [3.63, 3.8) is 0 Å². The molecule has 0 saturated heterocycles. The number of hydrogen-bond acceptors (Lipinski definition) is 2. The fourth-order valence-corrected chi connectivity index (χ4v) is 1.97. The quantitative estimate of drug-likeness (QED) is 0.458. The summed E-state index contributed by atoms with van der Waals surface area (Å²) in [6.07, 6.45) is 2.26. The first-order valence-electron chi connectivity index (χ1n) is 3.97. The lowest BCUT2D eigenvalue weighted by Crippen LogP contribution is -2.02. The van der Waals surface area contributed by atoms with Crippen LogP contribution in [-0.4, -0.2) is 30.6 Å². The molecule has 0 aliphatic heterocycles.